The molecule has 0 bridgehead atoms. The molecule has 15 heavy (non-hydrogen) atoms. The van der Waals surface area contributed by atoms with Crippen LogP contribution in [0.1, 0.15) is 31.9 Å². The van der Waals surface area contributed by atoms with Crippen molar-refractivity contribution in [1.29, 1.82) is 0 Å². The van der Waals surface area contributed by atoms with Crippen molar-refractivity contribution in [2.45, 2.75) is 39.7 Å². The van der Waals surface area contributed by atoms with E-state index in [0.717, 1.165) is 24.7 Å². The SMILES string of the molecule is C=CCn1cc(C)nc1NCCCCC. The quantitative estimate of drug-likeness (QED) is 0.550. The number of aromatic nitrogens is 2. The predicted molar refractivity (Wildman–Crippen MR) is 65.2 cm³/mol. The summed E-state index contributed by atoms with van der Waals surface area (Å²) in [6.07, 6.45) is 7.66. The van der Waals surface area contributed by atoms with Gasteiger partial charge in [0.25, 0.3) is 0 Å². The van der Waals surface area contributed by atoms with Crippen LogP contribution >= 0.6 is 0 Å². The molecule has 1 heterocycles. The van der Waals surface area contributed by atoms with Crippen molar-refractivity contribution < 1.29 is 0 Å². The highest BCUT2D eigenvalue weighted by Crippen LogP contribution is 2.08. The number of anilines is 1. The second-order valence-electron chi connectivity index (χ2n) is 3.78. The van der Waals surface area contributed by atoms with Crippen molar-refractivity contribution in [2.75, 3.05) is 11.9 Å². The topological polar surface area (TPSA) is 29.9 Å². The van der Waals surface area contributed by atoms with E-state index < -0.39 is 0 Å². The minimum absolute atomic E-state index is 0.816. The van der Waals surface area contributed by atoms with Gasteiger partial charge in [-0.15, -0.1) is 6.58 Å². The summed E-state index contributed by atoms with van der Waals surface area (Å²) in [5.41, 5.74) is 1.05. The molecular formula is C12H21N3. The van der Waals surface area contributed by atoms with Crippen LogP contribution in [0.5, 0.6) is 0 Å². The van der Waals surface area contributed by atoms with E-state index in [2.05, 4.69) is 28.4 Å². The largest absolute Gasteiger partial charge is 0.356 e. The highest BCUT2D eigenvalue weighted by molar-refractivity contribution is 5.28. The normalized spacial score (nSPS) is 10.3. The first-order valence-corrected chi connectivity index (χ1v) is 5.66. The molecule has 84 valence electrons. The van der Waals surface area contributed by atoms with E-state index in [-0.39, 0.29) is 0 Å². The van der Waals surface area contributed by atoms with Crippen molar-refractivity contribution >= 4 is 5.95 Å². The van der Waals surface area contributed by atoms with Gasteiger partial charge in [-0.2, -0.15) is 0 Å². The second-order valence-corrected chi connectivity index (χ2v) is 3.78. The van der Waals surface area contributed by atoms with Crippen LogP contribution in [0.2, 0.25) is 0 Å². The molecule has 0 aliphatic heterocycles. The minimum Gasteiger partial charge on any atom is -0.356 e. The van der Waals surface area contributed by atoms with Gasteiger partial charge in [0.05, 0.1) is 5.69 Å². The van der Waals surface area contributed by atoms with E-state index in [1.54, 1.807) is 0 Å². The fraction of sp³-hybridized carbons (Fsp3) is 0.583. The molecule has 0 fully saturated rings. The number of nitrogens with one attached hydrogen (secondary N) is 1. The molecule has 0 saturated carbocycles. The van der Waals surface area contributed by atoms with Crippen LogP contribution in [-0.4, -0.2) is 16.1 Å². The zero-order chi connectivity index (χ0) is 11.1. The Balaban J connectivity index is 2.47. The van der Waals surface area contributed by atoms with Gasteiger partial charge < -0.3 is 9.88 Å². The van der Waals surface area contributed by atoms with E-state index in [4.69, 9.17) is 0 Å². The van der Waals surface area contributed by atoms with Crippen molar-refractivity contribution in [3.8, 4) is 0 Å². The molecule has 1 rings (SSSR count). The van der Waals surface area contributed by atoms with Crippen LogP contribution < -0.4 is 5.32 Å². The molecule has 0 aromatic carbocycles. The third-order valence-corrected chi connectivity index (χ3v) is 2.29. The maximum atomic E-state index is 4.43. The molecule has 1 aromatic heterocycles. The first kappa shape index (κ1) is 11.8. The molecule has 0 saturated heterocycles. The number of unbranched alkanes of at least 4 members (excludes halogenated alkanes) is 2. The average Bonchev–Trinajstić information content (AvgIpc) is 2.55. The highest BCUT2D eigenvalue weighted by Gasteiger charge is 2.02. The molecule has 1 aromatic rings. The summed E-state index contributed by atoms with van der Waals surface area (Å²) >= 11 is 0. The monoisotopic (exact) mass is 207 g/mol. The molecule has 3 heteroatoms. The Bertz CT molecular complexity index is 302. The van der Waals surface area contributed by atoms with Crippen LogP contribution in [0.15, 0.2) is 18.9 Å². The number of nitrogens with zero attached hydrogens (tertiary/aromatic N) is 2. The lowest BCUT2D eigenvalue weighted by molar-refractivity contribution is 0.732. The standard InChI is InChI=1S/C12H21N3/c1-4-6-7-8-13-12-14-11(3)10-15(12)9-5-2/h5,10H,2,4,6-9H2,1,3H3,(H,13,14). The first-order valence-electron chi connectivity index (χ1n) is 5.66. The maximum absolute atomic E-state index is 4.43. The van der Waals surface area contributed by atoms with Crippen LogP contribution in [0.4, 0.5) is 5.95 Å². The highest BCUT2D eigenvalue weighted by atomic mass is 15.2. The maximum Gasteiger partial charge on any atom is 0.203 e. The molecule has 0 aliphatic carbocycles. The number of hydrogen-bond acceptors (Lipinski definition) is 2. The van der Waals surface area contributed by atoms with Crippen LogP contribution in [0.25, 0.3) is 0 Å². The number of rotatable bonds is 7. The summed E-state index contributed by atoms with van der Waals surface area (Å²) in [4.78, 5) is 4.43. The zero-order valence-electron chi connectivity index (χ0n) is 9.79. The summed E-state index contributed by atoms with van der Waals surface area (Å²) in [6, 6.07) is 0. The third kappa shape index (κ3) is 3.78. The lowest BCUT2D eigenvalue weighted by atomic mass is 10.2. The predicted octanol–water partition coefficient (Wildman–Crippen LogP) is 2.98. The molecular weight excluding hydrogens is 186 g/mol. The fourth-order valence-corrected chi connectivity index (χ4v) is 1.54. The van der Waals surface area contributed by atoms with Gasteiger partial charge in [0, 0.05) is 19.3 Å². The molecule has 3 nitrogen and oxygen atoms in total. The summed E-state index contributed by atoms with van der Waals surface area (Å²) in [6.45, 7) is 9.78. The van der Waals surface area contributed by atoms with Gasteiger partial charge >= 0.3 is 0 Å². The van der Waals surface area contributed by atoms with Gasteiger partial charge in [-0.05, 0) is 13.3 Å². The van der Waals surface area contributed by atoms with E-state index in [1.165, 1.54) is 19.3 Å². The lowest BCUT2D eigenvalue weighted by Crippen LogP contribution is -2.07. The molecule has 0 unspecified atom stereocenters. The molecule has 0 radical (unpaired) electrons. The Morgan fingerprint density at radius 1 is 1.53 bits per heavy atom. The van der Waals surface area contributed by atoms with E-state index >= 15 is 0 Å². The molecule has 0 spiro atoms. The summed E-state index contributed by atoms with van der Waals surface area (Å²) in [5.74, 6) is 0.962. The van der Waals surface area contributed by atoms with E-state index in [9.17, 15) is 0 Å². The molecule has 1 N–H and O–H groups in total. The molecule has 0 aliphatic rings. The summed E-state index contributed by atoms with van der Waals surface area (Å²) < 4.78 is 2.09. The smallest absolute Gasteiger partial charge is 0.203 e. The van der Waals surface area contributed by atoms with E-state index in [1.807, 2.05) is 19.2 Å². The number of allylic oxidation sites excluding steroid dienone is 1. The Kier molecular flexibility index (Phi) is 4.95. The van der Waals surface area contributed by atoms with Gasteiger partial charge in [0.1, 0.15) is 0 Å². The fourth-order valence-electron chi connectivity index (χ4n) is 1.54. The Labute approximate surface area is 92.2 Å². The lowest BCUT2D eigenvalue weighted by Gasteiger charge is -2.07. The Morgan fingerprint density at radius 2 is 2.33 bits per heavy atom. The van der Waals surface area contributed by atoms with Gasteiger partial charge in [0.15, 0.2) is 0 Å². The van der Waals surface area contributed by atoms with Gasteiger partial charge in [-0.25, -0.2) is 4.98 Å². The Morgan fingerprint density at radius 3 is 3.00 bits per heavy atom. The number of imidazole rings is 1. The average molecular weight is 207 g/mol. The van der Waals surface area contributed by atoms with Crippen molar-refractivity contribution in [3.63, 3.8) is 0 Å². The number of aryl methyl sites for hydroxylation is 1. The van der Waals surface area contributed by atoms with Crippen molar-refractivity contribution in [2.24, 2.45) is 0 Å². The molecule has 0 amide bonds. The Hall–Kier alpha value is -1.25. The summed E-state index contributed by atoms with van der Waals surface area (Å²) in [5, 5.41) is 3.36. The second kappa shape index (κ2) is 6.27. The minimum atomic E-state index is 0.816. The van der Waals surface area contributed by atoms with Crippen LogP contribution in [0, 0.1) is 6.92 Å². The van der Waals surface area contributed by atoms with Gasteiger partial charge in [-0.3, -0.25) is 0 Å². The van der Waals surface area contributed by atoms with Crippen LogP contribution in [0.3, 0.4) is 0 Å². The van der Waals surface area contributed by atoms with Crippen LogP contribution in [-0.2, 0) is 6.54 Å². The molecule has 0 atom stereocenters. The van der Waals surface area contributed by atoms with Crippen molar-refractivity contribution in [1.82, 2.24) is 9.55 Å². The van der Waals surface area contributed by atoms with Gasteiger partial charge in [-0.1, -0.05) is 25.8 Å². The zero-order valence-corrected chi connectivity index (χ0v) is 9.79. The van der Waals surface area contributed by atoms with Crippen molar-refractivity contribution in [3.05, 3.63) is 24.5 Å². The van der Waals surface area contributed by atoms with E-state index in [0.29, 0.717) is 0 Å². The first-order chi connectivity index (χ1) is 7.27. The number of hydrogen-bond donors (Lipinski definition) is 1. The van der Waals surface area contributed by atoms with Gasteiger partial charge in [0.2, 0.25) is 5.95 Å². The third-order valence-electron chi connectivity index (χ3n) is 2.29. The summed E-state index contributed by atoms with van der Waals surface area (Å²) in [7, 11) is 0.